The van der Waals surface area contributed by atoms with Crippen LogP contribution in [0, 0.1) is 11.8 Å². The molecule has 0 aliphatic carbocycles. The van der Waals surface area contributed by atoms with E-state index in [-0.39, 0.29) is 16.2 Å². The number of amides is 2. The predicted molar refractivity (Wildman–Crippen MR) is 82.2 cm³/mol. The molecule has 2 amide bonds. The Hall–Kier alpha value is -3.12. The number of hydrogen-bond acceptors (Lipinski definition) is 5. The van der Waals surface area contributed by atoms with Gasteiger partial charge in [0.15, 0.2) is 11.6 Å². The Balaban J connectivity index is 2.02. The second-order valence-electron chi connectivity index (χ2n) is 5.40. The van der Waals surface area contributed by atoms with Crippen LogP contribution >= 0.6 is 0 Å². The Morgan fingerprint density at radius 3 is 1.38 bits per heavy atom. The molecule has 24 heavy (non-hydrogen) atoms. The van der Waals surface area contributed by atoms with Crippen LogP contribution in [0.15, 0.2) is 60.7 Å². The van der Waals surface area contributed by atoms with E-state index in [9.17, 15) is 24.4 Å². The predicted octanol–water partition coefficient (Wildman–Crippen LogP) is 1.74. The fraction of sp³-hybridized carbons (Fsp3) is 0.111. The van der Waals surface area contributed by atoms with Gasteiger partial charge in [-0.25, -0.2) is 0 Å². The summed E-state index contributed by atoms with van der Waals surface area (Å²) in [5.74, 6) is -6.61. The number of ketones is 2. The molecule has 1 heterocycles. The number of carbonyl (C=O) groups excluding carboxylic acids is 4. The lowest BCUT2D eigenvalue weighted by Crippen LogP contribution is -2.32. The SMILES string of the molecule is O=C(c1ccccc1)C1C(=O)N(O)C(=O)C1C(=O)c1ccccc1. The topological polar surface area (TPSA) is 91.8 Å². The molecule has 120 valence electrons. The molecule has 1 saturated heterocycles. The molecule has 0 spiro atoms. The summed E-state index contributed by atoms with van der Waals surface area (Å²) in [5, 5.41) is 9.50. The van der Waals surface area contributed by atoms with Crippen LogP contribution in [-0.4, -0.2) is 33.7 Å². The first-order chi connectivity index (χ1) is 11.5. The average molecular weight is 323 g/mol. The van der Waals surface area contributed by atoms with Crippen LogP contribution in [0.5, 0.6) is 0 Å². The number of Topliss-reactive ketones (excluding diaryl/α,β-unsaturated/α-hetero) is 2. The van der Waals surface area contributed by atoms with Gasteiger partial charge in [-0.05, 0) is 0 Å². The standard InChI is InChI=1S/C18H13NO5/c20-15(11-7-3-1-4-8-11)13-14(18(23)19(24)17(13)22)16(21)12-9-5-2-6-10-12/h1-10,13-14,24H. The van der Waals surface area contributed by atoms with E-state index in [4.69, 9.17) is 0 Å². The number of carbonyl (C=O) groups is 4. The van der Waals surface area contributed by atoms with E-state index in [1.54, 1.807) is 36.4 Å². The maximum atomic E-state index is 12.6. The molecule has 1 N–H and O–H groups in total. The van der Waals surface area contributed by atoms with Gasteiger partial charge in [-0.2, -0.15) is 5.06 Å². The fourth-order valence-electron chi connectivity index (χ4n) is 2.75. The van der Waals surface area contributed by atoms with Gasteiger partial charge in [-0.3, -0.25) is 24.4 Å². The third kappa shape index (κ3) is 2.53. The van der Waals surface area contributed by atoms with Crippen molar-refractivity contribution in [3.05, 3.63) is 71.8 Å². The maximum absolute atomic E-state index is 12.6. The molecule has 2 aromatic carbocycles. The quantitative estimate of drug-likeness (QED) is 0.400. The molecule has 3 rings (SSSR count). The normalized spacial score (nSPS) is 20.3. The van der Waals surface area contributed by atoms with E-state index in [0.29, 0.717) is 0 Å². The Morgan fingerprint density at radius 1 is 0.708 bits per heavy atom. The van der Waals surface area contributed by atoms with E-state index >= 15 is 0 Å². The molecule has 0 saturated carbocycles. The van der Waals surface area contributed by atoms with Crippen molar-refractivity contribution in [2.24, 2.45) is 11.8 Å². The second kappa shape index (κ2) is 6.17. The van der Waals surface area contributed by atoms with Gasteiger partial charge in [0.25, 0.3) is 11.8 Å². The van der Waals surface area contributed by atoms with Crippen LogP contribution in [0.1, 0.15) is 20.7 Å². The van der Waals surface area contributed by atoms with Crippen LogP contribution in [-0.2, 0) is 9.59 Å². The van der Waals surface area contributed by atoms with Gasteiger partial charge in [0.2, 0.25) is 0 Å². The highest BCUT2D eigenvalue weighted by Gasteiger charge is 2.54. The molecular weight excluding hydrogens is 310 g/mol. The molecule has 1 fully saturated rings. The number of nitrogens with zero attached hydrogens (tertiary/aromatic N) is 1. The molecular formula is C18H13NO5. The summed E-state index contributed by atoms with van der Waals surface area (Å²) in [6.07, 6.45) is 0. The number of hydrogen-bond donors (Lipinski definition) is 1. The van der Waals surface area contributed by atoms with Crippen molar-refractivity contribution in [3.8, 4) is 0 Å². The lowest BCUT2D eigenvalue weighted by molar-refractivity contribution is -0.172. The smallest absolute Gasteiger partial charge is 0.265 e. The summed E-state index contributed by atoms with van der Waals surface area (Å²) < 4.78 is 0. The van der Waals surface area contributed by atoms with E-state index in [1.165, 1.54) is 24.3 Å². The minimum Gasteiger partial charge on any atom is -0.293 e. The lowest BCUT2D eigenvalue weighted by Gasteiger charge is -2.13. The van der Waals surface area contributed by atoms with Crippen LogP contribution in [0.4, 0.5) is 0 Å². The van der Waals surface area contributed by atoms with Gasteiger partial charge in [-0.1, -0.05) is 60.7 Å². The minimum atomic E-state index is -1.56. The van der Waals surface area contributed by atoms with Crippen molar-refractivity contribution >= 4 is 23.4 Å². The monoisotopic (exact) mass is 323 g/mol. The van der Waals surface area contributed by atoms with E-state index in [2.05, 4.69) is 0 Å². The summed E-state index contributed by atoms with van der Waals surface area (Å²) >= 11 is 0. The lowest BCUT2D eigenvalue weighted by atomic mass is 9.83. The number of benzene rings is 2. The summed E-state index contributed by atoms with van der Waals surface area (Å²) in [6.45, 7) is 0. The summed E-state index contributed by atoms with van der Waals surface area (Å²) in [4.78, 5) is 49.6. The molecule has 0 aromatic heterocycles. The minimum absolute atomic E-state index is 0.128. The molecule has 6 heteroatoms. The highest BCUT2D eigenvalue weighted by atomic mass is 16.5. The van der Waals surface area contributed by atoms with Gasteiger partial charge in [-0.15, -0.1) is 0 Å². The first kappa shape index (κ1) is 15.8. The van der Waals surface area contributed by atoms with Crippen molar-refractivity contribution in [1.82, 2.24) is 5.06 Å². The third-order valence-corrected chi connectivity index (χ3v) is 3.96. The number of hydroxylamine groups is 2. The highest BCUT2D eigenvalue weighted by molar-refractivity contribution is 6.26. The molecule has 2 atom stereocenters. The summed E-state index contributed by atoms with van der Waals surface area (Å²) in [5.41, 5.74) is 0.398. The zero-order chi connectivity index (χ0) is 17.3. The largest absolute Gasteiger partial charge is 0.293 e. The zero-order valence-corrected chi connectivity index (χ0v) is 12.5. The van der Waals surface area contributed by atoms with Gasteiger partial charge < -0.3 is 0 Å². The molecule has 0 radical (unpaired) electrons. The average Bonchev–Trinajstić information content (AvgIpc) is 2.86. The first-order valence-electron chi connectivity index (χ1n) is 7.27. The van der Waals surface area contributed by atoms with E-state index in [0.717, 1.165) is 0 Å². The van der Waals surface area contributed by atoms with Crippen molar-refractivity contribution in [1.29, 1.82) is 0 Å². The molecule has 1 aliphatic heterocycles. The molecule has 6 nitrogen and oxygen atoms in total. The van der Waals surface area contributed by atoms with Crippen LogP contribution in [0.3, 0.4) is 0 Å². The van der Waals surface area contributed by atoms with Crippen LogP contribution in [0.2, 0.25) is 0 Å². The summed E-state index contributed by atoms with van der Waals surface area (Å²) in [6, 6.07) is 15.8. The van der Waals surface area contributed by atoms with Crippen LogP contribution in [0.25, 0.3) is 0 Å². The molecule has 0 bridgehead atoms. The Bertz CT molecular complexity index is 746. The Morgan fingerprint density at radius 2 is 1.04 bits per heavy atom. The zero-order valence-electron chi connectivity index (χ0n) is 12.5. The van der Waals surface area contributed by atoms with Crippen molar-refractivity contribution in [3.63, 3.8) is 0 Å². The van der Waals surface area contributed by atoms with E-state index in [1.807, 2.05) is 0 Å². The van der Waals surface area contributed by atoms with Gasteiger partial charge >= 0.3 is 0 Å². The molecule has 1 aliphatic rings. The Labute approximate surface area is 137 Å². The maximum Gasteiger partial charge on any atom is 0.265 e. The first-order valence-corrected chi connectivity index (χ1v) is 7.27. The molecule has 2 unspecified atom stereocenters. The van der Waals surface area contributed by atoms with Gasteiger partial charge in [0, 0.05) is 11.1 Å². The number of rotatable bonds is 4. The van der Waals surface area contributed by atoms with Gasteiger partial charge in [0.05, 0.1) is 0 Å². The fourth-order valence-corrected chi connectivity index (χ4v) is 2.75. The number of imide groups is 1. The van der Waals surface area contributed by atoms with Crippen molar-refractivity contribution in [2.45, 2.75) is 0 Å². The van der Waals surface area contributed by atoms with Crippen LogP contribution < -0.4 is 0 Å². The van der Waals surface area contributed by atoms with Crippen molar-refractivity contribution in [2.75, 3.05) is 0 Å². The Kier molecular flexibility index (Phi) is 4.05. The molecule has 2 aromatic rings. The van der Waals surface area contributed by atoms with E-state index < -0.39 is 35.2 Å². The van der Waals surface area contributed by atoms with Crippen molar-refractivity contribution < 1.29 is 24.4 Å². The highest BCUT2D eigenvalue weighted by Crippen LogP contribution is 2.31. The third-order valence-electron chi connectivity index (χ3n) is 3.96. The summed E-state index contributed by atoms with van der Waals surface area (Å²) in [7, 11) is 0. The van der Waals surface area contributed by atoms with Gasteiger partial charge in [0.1, 0.15) is 11.8 Å². The second-order valence-corrected chi connectivity index (χ2v) is 5.40.